The second-order valence-electron chi connectivity index (χ2n) is 5.13. The van der Waals surface area contributed by atoms with Crippen molar-refractivity contribution < 1.29 is 4.42 Å². The fourth-order valence-corrected chi connectivity index (χ4v) is 3.69. The number of thiophene rings is 1. The third-order valence-corrected chi connectivity index (χ3v) is 4.88. The van der Waals surface area contributed by atoms with E-state index in [2.05, 4.69) is 37.1 Å². The molecular weight excluding hydrogens is 268 g/mol. The molecule has 20 heavy (non-hydrogen) atoms. The lowest BCUT2D eigenvalue weighted by atomic mass is 10.0. The van der Waals surface area contributed by atoms with Crippen LogP contribution >= 0.6 is 11.3 Å². The smallest absolute Gasteiger partial charge is 0.117 e. The number of hydrogen-bond acceptors (Lipinski definition) is 4. The normalized spacial score (nSPS) is 14.7. The van der Waals surface area contributed by atoms with E-state index >= 15 is 0 Å². The molecule has 0 saturated carbocycles. The highest BCUT2D eigenvalue weighted by molar-refractivity contribution is 7.10. The van der Waals surface area contributed by atoms with Crippen LogP contribution in [0.25, 0.3) is 0 Å². The number of hydrogen-bond donors (Lipinski definition) is 1. The third kappa shape index (κ3) is 3.32. The molecule has 0 aromatic carbocycles. The summed E-state index contributed by atoms with van der Waals surface area (Å²) in [7, 11) is 0. The molecule has 0 amide bonds. The fourth-order valence-electron chi connectivity index (χ4n) is 2.55. The first-order chi connectivity index (χ1) is 9.67. The first kappa shape index (κ1) is 15.3. The minimum Gasteiger partial charge on any atom is -0.468 e. The van der Waals surface area contributed by atoms with Crippen molar-refractivity contribution in [3.63, 3.8) is 0 Å². The molecule has 2 rings (SSSR count). The maximum atomic E-state index is 6.42. The van der Waals surface area contributed by atoms with E-state index in [4.69, 9.17) is 10.2 Å². The van der Waals surface area contributed by atoms with E-state index in [9.17, 15) is 0 Å². The van der Waals surface area contributed by atoms with E-state index < -0.39 is 0 Å². The van der Waals surface area contributed by atoms with Gasteiger partial charge in [-0.25, -0.2) is 0 Å². The van der Waals surface area contributed by atoms with Gasteiger partial charge < -0.3 is 10.2 Å². The van der Waals surface area contributed by atoms with Crippen molar-refractivity contribution in [1.29, 1.82) is 0 Å². The molecule has 2 aromatic heterocycles. The van der Waals surface area contributed by atoms with Crippen molar-refractivity contribution in [2.24, 2.45) is 5.73 Å². The summed E-state index contributed by atoms with van der Waals surface area (Å²) in [6, 6.07) is 6.54. The van der Waals surface area contributed by atoms with Crippen LogP contribution in [0.4, 0.5) is 0 Å². The summed E-state index contributed by atoms with van der Waals surface area (Å²) in [4.78, 5) is 3.79. The maximum absolute atomic E-state index is 6.42. The lowest BCUT2D eigenvalue weighted by Gasteiger charge is -2.34. The Morgan fingerprint density at radius 3 is 2.65 bits per heavy atom. The van der Waals surface area contributed by atoms with Crippen molar-refractivity contribution in [3.05, 3.63) is 46.0 Å². The average Bonchev–Trinajstić information content (AvgIpc) is 3.10. The van der Waals surface area contributed by atoms with Gasteiger partial charge in [0.25, 0.3) is 0 Å². The molecule has 110 valence electrons. The van der Waals surface area contributed by atoms with E-state index in [1.54, 1.807) is 17.6 Å². The monoisotopic (exact) mass is 292 g/mol. The Morgan fingerprint density at radius 1 is 1.35 bits per heavy atom. The predicted octanol–water partition coefficient (Wildman–Crippen LogP) is 3.95. The Hall–Kier alpha value is -1.10. The van der Waals surface area contributed by atoms with E-state index in [1.807, 2.05) is 12.1 Å². The maximum Gasteiger partial charge on any atom is 0.117 e. The minimum absolute atomic E-state index is 0.141. The zero-order chi connectivity index (χ0) is 14.5. The number of aryl methyl sites for hydroxylation is 1. The minimum atomic E-state index is 0.141. The number of nitrogens with two attached hydrogens (primary N) is 1. The molecule has 4 heteroatoms. The third-order valence-electron chi connectivity index (χ3n) is 3.79. The topological polar surface area (TPSA) is 42.4 Å². The molecule has 2 heterocycles. The summed E-state index contributed by atoms with van der Waals surface area (Å²) in [6.07, 6.45) is 2.70. The van der Waals surface area contributed by atoms with Crippen molar-refractivity contribution in [1.82, 2.24) is 4.90 Å². The van der Waals surface area contributed by atoms with Gasteiger partial charge in [-0.2, -0.15) is 0 Å². The molecule has 0 radical (unpaired) electrons. The molecule has 0 aliphatic heterocycles. The molecule has 0 saturated heterocycles. The van der Waals surface area contributed by atoms with Crippen LogP contribution in [0, 0.1) is 6.92 Å². The van der Waals surface area contributed by atoms with Gasteiger partial charge in [0, 0.05) is 10.9 Å². The van der Waals surface area contributed by atoms with E-state index in [-0.39, 0.29) is 12.1 Å². The Bertz CT molecular complexity index is 506. The Kier molecular flexibility index (Phi) is 5.40. The average molecular weight is 292 g/mol. The van der Waals surface area contributed by atoms with Crippen LogP contribution in [0.15, 0.2) is 34.3 Å². The van der Waals surface area contributed by atoms with Crippen LogP contribution in [0.3, 0.4) is 0 Å². The summed E-state index contributed by atoms with van der Waals surface area (Å²) < 4.78 is 5.50. The van der Waals surface area contributed by atoms with Crippen molar-refractivity contribution >= 4 is 11.3 Å². The number of rotatable bonds is 7. The van der Waals surface area contributed by atoms with Crippen molar-refractivity contribution in [2.45, 2.75) is 45.8 Å². The summed E-state index contributed by atoms with van der Waals surface area (Å²) in [5, 5.41) is 2.15. The van der Waals surface area contributed by atoms with Crippen LogP contribution in [-0.2, 0) is 6.54 Å². The van der Waals surface area contributed by atoms with Gasteiger partial charge in [0.05, 0.1) is 18.8 Å². The molecule has 0 aliphatic carbocycles. The van der Waals surface area contributed by atoms with E-state index in [1.165, 1.54) is 10.4 Å². The van der Waals surface area contributed by atoms with Gasteiger partial charge in [0.15, 0.2) is 0 Å². The van der Waals surface area contributed by atoms with E-state index in [0.29, 0.717) is 0 Å². The second kappa shape index (κ2) is 7.07. The molecular formula is C16H24N2OS. The van der Waals surface area contributed by atoms with Crippen LogP contribution in [0.1, 0.15) is 42.5 Å². The molecule has 0 fully saturated rings. The van der Waals surface area contributed by atoms with Crippen LogP contribution < -0.4 is 5.73 Å². The SMILES string of the molecule is CCC(N)C(c1sccc1C)N(CC)Cc1ccco1. The summed E-state index contributed by atoms with van der Waals surface area (Å²) in [6.45, 7) is 8.26. The van der Waals surface area contributed by atoms with Crippen molar-refractivity contribution in [2.75, 3.05) is 6.54 Å². The molecule has 2 atom stereocenters. The second-order valence-corrected chi connectivity index (χ2v) is 6.07. The molecule has 2 aromatic rings. The van der Waals surface area contributed by atoms with Crippen LogP contribution in [0.2, 0.25) is 0 Å². The van der Waals surface area contributed by atoms with Gasteiger partial charge in [0.1, 0.15) is 5.76 Å². The molecule has 0 spiro atoms. The van der Waals surface area contributed by atoms with Crippen LogP contribution in [-0.4, -0.2) is 17.5 Å². The summed E-state index contributed by atoms with van der Waals surface area (Å²) >= 11 is 1.81. The van der Waals surface area contributed by atoms with Gasteiger partial charge in [-0.1, -0.05) is 13.8 Å². The molecule has 2 N–H and O–H groups in total. The first-order valence-corrected chi connectivity index (χ1v) is 8.11. The number of nitrogens with zero attached hydrogens (tertiary/aromatic N) is 1. The molecule has 3 nitrogen and oxygen atoms in total. The summed E-state index contributed by atoms with van der Waals surface area (Å²) in [5.41, 5.74) is 7.75. The van der Waals surface area contributed by atoms with Crippen molar-refractivity contribution in [3.8, 4) is 0 Å². The van der Waals surface area contributed by atoms with E-state index in [0.717, 1.165) is 25.3 Å². The standard InChI is InChI=1S/C16H24N2OS/c1-4-14(17)15(16-12(3)8-10-20-16)18(5-2)11-13-7-6-9-19-13/h6-10,14-15H,4-5,11,17H2,1-3H3. The lowest BCUT2D eigenvalue weighted by molar-refractivity contribution is 0.159. The predicted molar refractivity (Wildman–Crippen MR) is 84.9 cm³/mol. The largest absolute Gasteiger partial charge is 0.468 e. The van der Waals surface area contributed by atoms with Crippen LogP contribution in [0.5, 0.6) is 0 Å². The molecule has 2 unspecified atom stereocenters. The quantitative estimate of drug-likeness (QED) is 0.840. The van der Waals surface area contributed by atoms with Gasteiger partial charge in [-0.05, 0) is 49.0 Å². The molecule has 0 aliphatic rings. The summed E-state index contributed by atoms with van der Waals surface area (Å²) in [5.74, 6) is 0.995. The van der Waals surface area contributed by atoms with Gasteiger partial charge >= 0.3 is 0 Å². The van der Waals surface area contributed by atoms with Gasteiger partial charge in [0.2, 0.25) is 0 Å². The molecule has 0 bridgehead atoms. The number of furan rings is 1. The highest BCUT2D eigenvalue weighted by atomic mass is 32.1. The first-order valence-electron chi connectivity index (χ1n) is 7.23. The fraction of sp³-hybridized carbons (Fsp3) is 0.500. The highest BCUT2D eigenvalue weighted by Crippen LogP contribution is 2.32. The zero-order valence-electron chi connectivity index (χ0n) is 12.5. The Balaban J connectivity index is 2.26. The zero-order valence-corrected chi connectivity index (χ0v) is 13.3. The number of likely N-dealkylation sites (N-methyl/N-ethyl adjacent to an activating group) is 1. The van der Waals surface area contributed by atoms with Gasteiger partial charge in [-0.15, -0.1) is 11.3 Å². The highest BCUT2D eigenvalue weighted by Gasteiger charge is 2.27. The lowest BCUT2D eigenvalue weighted by Crippen LogP contribution is -2.40. The Labute approximate surface area is 125 Å². The Morgan fingerprint density at radius 2 is 2.15 bits per heavy atom. The van der Waals surface area contributed by atoms with Gasteiger partial charge in [-0.3, -0.25) is 4.90 Å².